The van der Waals surface area contributed by atoms with Crippen LogP contribution < -0.4 is 0 Å². The minimum atomic E-state index is 0.538. The standard InChI is InChI=1S/C23H26N6S2/c1-5-30-22-26-24-20(28(22)18-11-7-9-16(3)13-18)15-21-25-27-23(31-6-2)29(21)19-12-8-10-17(4)14-19/h7-14H,5-6,15H2,1-4H3. The lowest BCUT2D eigenvalue weighted by molar-refractivity contribution is 0.791. The first kappa shape index (κ1) is 21.6. The van der Waals surface area contributed by atoms with Gasteiger partial charge in [-0.1, -0.05) is 61.6 Å². The molecule has 2 aromatic carbocycles. The van der Waals surface area contributed by atoms with Crippen LogP contribution in [0.3, 0.4) is 0 Å². The second-order valence-corrected chi connectivity index (χ2v) is 9.65. The van der Waals surface area contributed by atoms with Gasteiger partial charge in [0, 0.05) is 11.4 Å². The Morgan fingerprint density at radius 2 is 1.13 bits per heavy atom. The highest BCUT2D eigenvalue weighted by Gasteiger charge is 2.20. The average Bonchev–Trinajstić information content (AvgIpc) is 3.33. The van der Waals surface area contributed by atoms with E-state index >= 15 is 0 Å². The van der Waals surface area contributed by atoms with E-state index in [2.05, 4.69) is 106 Å². The Morgan fingerprint density at radius 1 is 0.677 bits per heavy atom. The number of rotatable bonds is 8. The van der Waals surface area contributed by atoms with Crippen molar-refractivity contribution in [1.29, 1.82) is 0 Å². The fourth-order valence-electron chi connectivity index (χ4n) is 3.47. The Kier molecular flexibility index (Phi) is 6.77. The molecular weight excluding hydrogens is 424 g/mol. The summed E-state index contributed by atoms with van der Waals surface area (Å²) in [6, 6.07) is 16.9. The van der Waals surface area contributed by atoms with Gasteiger partial charge in [0.2, 0.25) is 0 Å². The molecule has 160 valence electrons. The van der Waals surface area contributed by atoms with Crippen molar-refractivity contribution in [2.24, 2.45) is 0 Å². The van der Waals surface area contributed by atoms with Gasteiger partial charge in [-0.15, -0.1) is 20.4 Å². The zero-order chi connectivity index (χ0) is 21.8. The van der Waals surface area contributed by atoms with Gasteiger partial charge in [0.1, 0.15) is 11.6 Å². The van der Waals surface area contributed by atoms with Crippen molar-refractivity contribution in [1.82, 2.24) is 29.5 Å². The Bertz CT molecular complexity index is 1090. The highest BCUT2D eigenvalue weighted by molar-refractivity contribution is 7.99. The van der Waals surface area contributed by atoms with Crippen molar-refractivity contribution in [3.05, 3.63) is 71.3 Å². The minimum absolute atomic E-state index is 0.538. The summed E-state index contributed by atoms with van der Waals surface area (Å²) in [5.41, 5.74) is 4.55. The molecule has 0 aliphatic heterocycles. The molecule has 0 saturated heterocycles. The van der Waals surface area contributed by atoms with E-state index in [4.69, 9.17) is 0 Å². The zero-order valence-electron chi connectivity index (χ0n) is 18.2. The Balaban J connectivity index is 1.80. The molecule has 0 saturated carbocycles. The molecular formula is C23H26N6S2. The van der Waals surface area contributed by atoms with Crippen molar-refractivity contribution in [2.45, 2.75) is 44.4 Å². The summed E-state index contributed by atoms with van der Waals surface area (Å²) in [5.74, 6) is 3.58. The molecule has 0 amide bonds. The van der Waals surface area contributed by atoms with Gasteiger partial charge in [0.25, 0.3) is 0 Å². The molecule has 4 rings (SSSR count). The summed E-state index contributed by atoms with van der Waals surface area (Å²) in [6.45, 7) is 8.45. The number of hydrogen-bond acceptors (Lipinski definition) is 6. The van der Waals surface area contributed by atoms with Crippen LogP contribution in [0.25, 0.3) is 11.4 Å². The lowest BCUT2D eigenvalue weighted by Gasteiger charge is -2.12. The molecule has 0 aliphatic carbocycles. The first-order valence-corrected chi connectivity index (χ1v) is 12.4. The second kappa shape index (κ2) is 9.70. The third-order valence-corrected chi connectivity index (χ3v) is 6.41. The fraction of sp³-hybridized carbons (Fsp3) is 0.304. The van der Waals surface area contributed by atoms with Gasteiger partial charge in [-0.25, -0.2) is 0 Å². The molecule has 31 heavy (non-hydrogen) atoms. The molecule has 4 aromatic rings. The maximum atomic E-state index is 4.55. The van der Waals surface area contributed by atoms with Crippen LogP contribution in [0.15, 0.2) is 58.8 Å². The predicted molar refractivity (Wildman–Crippen MR) is 128 cm³/mol. The minimum Gasteiger partial charge on any atom is -0.274 e. The molecule has 0 fully saturated rings. The van der Waals surface area contributed by atoms with Crippen molar-refractivity contribution in [3.8, 4) is 11.4 Å². The summed E-state index contributed by atoms with van der Waals surface area (Å²) in [4.78, 5) is 0. The summed E-state index contributed by atoms with van der Waals surface area (Å²) in [7, 11) is 0. The molecule has 2 heterocycles. The fourth-order valence-corrected chi connectivity index (χ4v) is 4.86. The van der Waals surface area contributed by atoms with E-state index in [1.807, 2.05) is 0 Å². The van der Waals surface area contributed by atoms with Gasteiger partial charge in [0.15, 0.2) is 10.3 Å². The van der Waals surface area contributed by atoms with Crippen LogP contribution in [0.2, 0.25) is 0 Å². The Hall–Kier alpha value is -2.58. The van der Waals surface area contributed by atoms with Crippen molar-refractivity contribution in [2.75, 3.05) is 11.5 Å². The predicted octanol–water partition coefficient (Wildman–Crippen LogP) is 5.28. The topological polar surface area (TPSA) is 61.4 Å². The maximum Gasteiger partial charge on any atom is 0.195 e. The third-order valence-electron chi connectivity index (χ3n) is 4.78. The van der Waals surface area contributed by atoms with Gasteiger partial charge in [-0.3, -0.25) is 9.13 Å². The number of hydrogen-bond donors (Lipinski definition) is 0. The quantitative estimate of drug-likeness (QED) is 0.340. The number of aromatic nitrogens is 6. The van der Waals surface area contributed by atoms with Gasteiger partial charge in [-0.05, 0) is 60.7 Å². The van der Waals surface area contributed by atoms with E-state index in [-0.39, 0.29) is 0 Å². The van der Waals surface area contributed by atoms with Crippen molar-refractivity contribution >= 4 is 23.5 Å². The Morgan fingerprint density at radius 3 is 1.52 bits per heavy atom. The molecule has 0 radical (unpaired) electrons. The SMILES string of the molecule is CCSc1nnc(Cc2nnc(SCC)n2-c2cccc(C)c2)n1-c1cccc(C)c1. The second-order valence-electron chi connectivity index (χ2n) is 7.19. The molecule has 0 bridgehead atoms. The summed E-state index contributed by atoms with van der Waals surface area (Å²) >= 11 is 3.38. The van der Waals surface area contributed by atoms with Crippen LogP contribution in [0.4, 0.5) is 0 Å². The summed E-state index contributed by atoms with van der Waals surface area (Å²) in [5, 5.41) is 19.9. The van der Waals surface area contributed by atoms with Crippen molar-refractivity contribution < 1.29 is 0 Å². The van der Waals surface area contributed by atoms with Crippen LogP contribution in [0.1, 0.15) is 36.6 Å². The molecule has 8 heteroatoms. The van der Waals surface area contributed by atoms with E-state index < -0.39 is 0 Å². The van der Waals surface area contributed by atoms with E-state index in [1.165, 1.54) is 11.1 Å². The van der Waals surface area contributed by atoms with Gasteiger partial charge < -0.3 is 0 Å². The summed E-state index contributed by atoms with van der Waals surface area (Å²) in [6.07, 6.45) is 0.538. The highest BCUT2D eigenvalue weighted by Crippen LogP contribution is 2.27. The molecule has 0 spiro atoms. The molecule has 0 N–H and O–H groups in total. The van der Waals surface area contributed by atoms with E-state index in [1.54, 1.807) is 23.5 Å². The van der Waals surface area contributed by atoms with E-state index in [9.17, 15) is 0 Å². The Labute approximate surface area is 191 Å². The number of aryl methyl sites for hydroxylation is 2. The molecule has 2 aromatic heterocycles. The highest BCUT2D eigenvalue weighted by atomic mass is 32.2. The lowest BCUT2D eigenvalue weighted by Crippen LogP contribution is -2.09. The smallest absolute Gasteiger partial charge is 0.195 e. The van der Waals surface area contributed by atoms with Crippen LogP contribution >= 0.6 is 23.5 Å². The molecule has 0 unspecified atom stereocenters. The molecule has 6 nitrogen and oxygen atoms in total. The number of benzene rings is 2. The van der Waals surface area contributed by atoms with Gasteiger partial charge in [0.05, 0.1) is 6.42 Å². The van der Waals surface area contributed by atoms with Gasteiger partial charge >= 0.3 is 0 Å². The normalized spacial score (nSPS) is 11.2. The van der Waals surface area contributed by atoms with Crippen LogP contribution in [0.5, 0.6) is 0 Å². The first-order valence-electron chi connectivity index (χ1n) is 10.4. The average molecular weight is 451 g/mol. The van der Waals surface area contributed by atoms with Crippen LogP contribution in [-0.2, 0) is 6.42 Å². The van der Waals surface area contributed by atoms with Gasteiger partial charge in [-0.2, -0.15) is 0 Å². The lowest BCUT2D eigenvalue weighted by atomic mass is 10.2. The van der Waals surface area contributed by atoms with Crippen LogP contribution in [-0.4, -0.2) is 41.0 Å². The van der Waals surface area contributed by atoms with E-state index in [0.29, 0.717) is 6.42 Å². The maximum absolute atomic E-state index is 4.55. The molecule has 0 aliphatic rings. The largest absolute Gasteiger partial charge is 0.274 e. The zero-order valence-corrected chi connectivity index (χ0v) is 19.9. The number of thioether (sulfide) groups is 2. The third kappa shape index (κ3) is 4.70. The first-order chi connectivity index (χ1) is 15.1. The van der Waals surface area contributed by atoms with E-state index in [0.717, 1.165) is 44.8 Å². The van der Waals surface area contributed by atoms with Crippen LogP contribution in [0, 0.1) is 13.8 Å². The van der Waals surface area contributed by atoms with Crippen molar-refractivity contribution in [3.63, 3.8) is 0 Å². The molecule has 0 atom stereocenters. The number of nitrogens with zero attached hydrogens (tertiary/aromatic N) is 6. The monoisotopic (exact) mass is 450 g/mol. The summed E-state index contributed by atoms with van der Waals surface area (Å²) < 4.78 is 4.28.